The molecule has 8 heteroatoms. The molecule has 2 N–H and O–H groups in total. The van der Waals surface area contributed by atoms with Gasteiger partial charge in [-0.25, -0.2) is 0 Å². The van der Waals surface area contributed by atoms with Crippen LogP contribution < -0.4 is 10.6 Å². The van der Waals surface area contributed by atoms with Crippen molar-refractivity contribution in [1.82, 2.24) is 25.4 Å². The molecule has 0 saturated carbocycles. The molecule has 0 aliphatic rings. The molecular formula is C25H31N5O2S. The lowest BCUT2D eigenvalue weighted by Crippen LogP contribution is -2.37. The lowest BCUT2D eigenvalue weighted by molar-refractivity contribution is -0.120. The van der Waals surface area contributed by atoms with Crippen molar-refractivity contribution >= 4 is 23.6 Å². The van der Waals surface area contributed by atoms with Crippen molar-refractivity contribution < 1.29 is 9.59 Å². The molecule has 33 heavy (non-hydrogen) atoms. The monoisotopic (exact) mass is 465 g/mol. The van der Waals surface area contributed by atoms with E-state index in [1.165, 1.54) is 0 Å². The molecule has 0 fully saturated rings. The summed E-state index contributed by atoms with van der Waals surface area (Å²) >= 11 is 1.59. The first-order chi connectivity index (χ1) is 16.0. The molecule has 0 unspecified atom stereocenters. The van der Waals surface area contributed by atoms with Gasteiger partial charge in [0.05, 0.1) is 6.54 Å². The lowest BCUT2D eigenvalue weighted by Gasteiger charge is -2.12. The zero-order valence-electron chi connectivity index (χ0n) is 19.4. The highest BCUT2D eigenvalue weighted by atomic mass is 32.2. The molecule has 0 spiro atoms. The van der Waals surface area contributed by atoms with Crippen molar-refractivity contribution in [2.75, 3.05) is 19.3 Å². The van der Waals surface area contributed by atoms with Crippen LogP contribution in [0.1, 0.15) is 36.5 Å². The molecule has 3 rings (SSSR count). The average Bonchev–Trinajstić information content (AvgIpc) is 3.21. The molecule has 7 nitrogen and oxygen atoms in total. The van der Waals surface area contributed by atoms with E-state index in [0.717, 1.165) is 41.5 Å². The zero-order valence-corrected chi connectivity index (χ0v) is 20.2. The average molecular weight is 466 g/mol. The van der Waals surface area contributed by atoms with Gasteiger partial charge in [-0.1, -0.05) is 68.1 Å². The molecule has 3 aromatic rings. The molecular weight excluding hydrogens is 434 g/mol. The number of hydrogen-bond donors (Lipinski definition) is 2. The van der Waals surface area contributed by atoms with E-state index in [1.54, 1.807) is 23.9 Å². The van der Waals surface area contributed by atoms with Crippen molar-refractivity contribution in [2.45, 2.75) is 38.4 Å². The Morgan fingerprint density at radius 1 is 0.970 bits per heavy atom. The molecule has 0 aliphatic heterocycles. The number of nitrogens with zero attached hydrogens (tertiary/aromatic N) is 3. The maximum Gasteiger partial charge on any atom is 0.251 e. The fourth-order valence-corrected chi connectivity index (χ4v) is 3.97. The first-order valence-electron chi connectivity index (χ1n) is 11.1. The third kappa shape index (κ3) is 7.18. The standard InChI is InChI=1S/C25H31N5O2S/c1-18(2)17-30-22(28-29-25(30)33-3)10-7-15-26-23(31)16-27-24(32)21-13-11-20(12-14-21)19-8-5-4-6-9-19/h4-6,8-9,11-14,18H,7,10,15-17H2,1-3H3,(H,26,31)(H,27,32). The number of carbonyl (C=O) groups is 2. The van der Waals surface area contributed by atoms with E-state index in [0.29, 0.717) is 18.0 Å². The Hall–Kier alpha value is -3.13. The van der Waals surface area contributed by atoms with Crippen LogP contribution in [0.15, 0.2) is 59.8 Å². The summed E-state index contributed by atoms with van der Waals surface area (Å²) in [5.74, 6) is 0.965. The van der Waals surface area contributed by atoms with Crippen LogP contribution >= 0.6 is 11.8 Å². The van der Waals surface area contributed by atoms with E-state index in [9.17, 15) is 9.59 Å². The highest BCUT2D eigenvalue weighted by Gasteiger charge is 2.13. The summed E-state index contributed by atoms with van der Waals surface area (Å²) in [5, 5.41) is 15.0. The Kier molecular flexibility index (Phi) is 9.06. The molecule has 2 aromatic carbocycles. The topological polar surface area (TPSA) is 88.9 Å². The van der Waals surface area contributed by atoms with Crippen molar-refractivity contribution in [3.8, 4) is 11.1 Å². The van der Waals surface area contributed by atoms with Crippen LogP contribution in [0.3, 0.4) is 0 Å². The third-order valence-electron chi connectivity index (χ3n) is 5.09. The number of thioether (sulfide) groups is 1. The van der Waals surface area contributed by atoms with Gasteiger partial charge >= 0.3 is 0 Å². The summed E-state index contributed by atoms with van der Waals surface area (Å²) in [6.45, 7) is 5.67. The first kappa shape index (κ1) is 24.5. The summed E-state index contributed by atoms with van der Waals surface area (Å²) < 4.78 is 2.15. The predicted molar refractivity (Wildman–Crippen MR) is 132 cm³/mol. The van der Waals surface area contributed by atoms with Gasteiger partial charge in [0.15, 0.2) is 5.16 Å². The number of hydrogen-bond acceptors (Lipinski definition) is 5. The molecule has 0 aliphatic carbocycles. The fourth-order valence-electron chi connectivity index (χ4n) is 3.45. The quantitative estimate of drug-likeness (QED) is 0.332. The zero-order chi connectivity index (χ0) is 23.6. The van der Waals surface area contributed by atoms with Crippen LogP contribution in [0.5, 0.6) is 0 Å². The van der Waals surface area contributed by atoms with E-state index < -0.39 is 0 Å². The number of carbonyl (C=O) groups excluding carboxylic acids is 2. The SMILES string of the molecule is CSc1nnc(CCCNC(=O)CNC(=O)c2ccc(-c3ccccc3)cc2)n1CC(C)C. The maximum absolute atomic E-state index is 12.4. The summed E-state index contributed by atoms with van der Waals surface area (Å²) in [7, 11) is 0. The van der Waals surface area contributed by atoms with Crippen LogP contribution in [0.2, 0.25) is 0 Å². The van der Waals surface area contributed by atoms with Crippen molar-refractivity contribution in [1.29, 1.82) is 0 Å². The minimum absolute atomic E-state index is 0.0561. The Labute approximate surface area is 199 Å². The first-order valence-corrected chi connectivity index (χ1v) is 12.4. The minimum Gasteiger partial charge on any atom is -0.355 e. The Bertz CT molecular complexity index is 1050. The van der Waals surface area contributed by atoms with Crippen molar-refractivity contribution in [2.24, 2.45) is 5.92 Å². The molecule has 2 amide bonds. The van der Waals surface area contributed by atoms with Gasteiger partial charge < -0.3 is 15.2 Å². The molecule has 1 heterocycles. The highest BCUT2D eigenvalue weighted by Crippen LogP contribution is 2.19. The maximum atomic E-state index is 12.4. The summed E-state index contributed by atoms with van der Waals surface area (Å²) in [6.07, 6.45) is 3.49. The largest absolute Gasteiger partial charge is 0.355 e. The van der Waals surface area contributed by atoms with E-state index in [-0.39, 0.29) is 18.4 Å². The van der Waals surface area contributed by atoms with Gasteiger partial charge in [0.2, 0.25) is 5.91 Å². The summed E-state index contributed by atoms with van der Waals surface area (Å²) in [4.78, 5) is 24.5. The second-order valence-corrected chi connectivity index (χ2v) is 8.96. The third-order valence-corrected chi connectivity index (χ3v) is 5.75. The summed E-state index contributed by atoms with van der Waals surface area (Å²) in [5.41, 5.74) is 2.66. The molecule has 0 atom stereocenters. The van der Waals surface area contributed by atoms with E-state index in [2.05, 4.69) is 39.2 Å². The second kappa shape index (κ2) is 12.2. The van der Waals surface area contributed by atoms with Gasteiger partial charge in [-0.2, -0.15) is 0 Å². The Morgan fingerprint density at radius 2 is 1.67 bits per heavy atom. The van der Waals surface area contributed by atoms with Gasteiger partial charge in [-0.05, 0) is 41.9 Å². The number of nitrogens with one attached hydrogen (secondary N) is 2. The van der Waals surface area contributed by atoms with Crippen LogP contribution in [-0.2, 0) is 17.8 Å². The number of rotatable bonds is 11. The van der Waals surface area contributed by atoms with Crippen molar-refractivity contribution in [3.63, 3.8) is 0 Å². The van der Waals surface area contributed by atoms with Crippen LogP contribution in [0.4, 0.5) is 0 Å². The van der Waals surface area contributed by atoms with E-state index in [1.807, 2.05) is 48.7 Å². The lowest BCUT2D eigenvalue weighted by atomic mass is 10.0. The van der Waals surface area contributed by atoms with Crippen LogP contribution in [0.25, 0.3) is 11.1 Å². The number of aryl methyl sites for hydroxylation is 1. The van der Waals surface area contributed by atoms with E-state index in [4.69, 9.17) is 0 Å². The Balaban J connectivity index is 1.40. The molecule has 1 aromatic heterocycles. The number of aromatic nitrogens is 3. The predicted octanol–water partition coefficient (Wildman–Crippen LogP) is 3.80. The van der Waals surface area contributed by atoms with Crippen LogP contribution in [0, 0.1) is 5.92 Å². The van der Waals surface area contributed by atoms with Gasteiger partial charge in [-0.3, -0.25) is 9.59 Å². The number of benzene rings is 2. The normalized spacial score (nSPS) is 10.9. The molecule has 0 bridgehead atoms. The number of amides is 2. The van der Waals surface area contributed by atoms with Crippen molar-refractivity contribution in [3.05, 3.63) is 66.0 Å². The summed E-state index contributed by atoms with van der Waals surface area (Å²) in [6, 6.07) is 17.3. The fraction of sp³-hybridized carbons (Fsp3) is 0.360. The van der Waals surface area contributed by atoms with Gasteiger partial charge in [-0.15, -0.1) is 10.2 Å². The molecule has 0 saturated heterocycles. The van der Waals surface area contributed by atoms with Gasteiger partial charge in [0, 0.05) is 25.1 Å². The van der Waals surface area contributed by atoms with Gasteiger partial charge in [0.25, 0.3) is 5.91 Å². The van der Waals surface area contributed by atoms with E-state index >= 15 is 0 Å². The minimum atomic E-state index is -0.267. The van der Waals surface area contributed by atoms with Gasteiger partial charge in [0.1, 0.15) is 5.82 Å². The van der Waals surface area contributed by atoms with Crippen LogP contribution in [-0.4, -0.2) is 45.9 Å². The Morgan fingerprint density at radius 3 is 2.33 bits per heavy atom. The second-order valence-electron chi connectivity index (χ2n) is 8.19. The molecule has 174 valence electrons. The smallest absolute Gasteiger partial charge is 0.251 e. The molecule has 0 radical (unpaired) electrons. The highest BCUT2D eigenvalue weighted by molar-refractivity contribution is 7.98.